The molecule has 3 rings (SSSR count). The summed E-state index contributed by atoms with van der Waals surface area (Å²) in [5.41, 5.74) is 0. The van der Waals surface area contributed by atoms with Crippen molar-refractivity contribution >= 4 is 0 Å². The molecule has 2 unspecified atom stereocenters. The molecule has 0 aromatic heterocycles. The maximum Gasteiger partial charge on any atom is 0.157 e. The second-order valence-electron chi connectivity index (χ2n) is 3.94. The fourth-order valence-electron chi connectivity index (χ4n) is 1.12. The molecule has 2 aliphatic rings. The Morgan fingerprint density at radius 3 is 1.71 bits per heavy atom. The van der Waals surface area contributed by atoms with Crippen LogP contribution in [0.2, 0.25) is 0 Å². The summed E-state index contributed by atoms with van der Waals surface area (Å²) in [5.74, 6) is -0.153. The van der Waals surface area contributed by atoms with Gasteiger partial charge in [0.2, 0.25) is 0 Å². The Bertz CT molecular complexity index is 314. The molecule has 0 amide bonds. The third-order valence-electron chi connectivity index (χ3n) is 2.29. The van der Waals surface area contributed by atoms with E-state index in [4.69, 9.17) is 24.4 Å². The van der Waals surface area contributed by atoms with Gasteiger partial charge >= 0.3 is 0 Å². The van der Waals surface area contributed by atoms with Gasteiger partial charge in [-0.25, -0.2) is 0 Å². The molecular formula is C12H16O5. The van der Waals surface area contributed by atoms with E-state index in [0.717, 1.165) is 26.4 Å². The normalized spacial score (nSPS) is 24.7. The lowest BCUT2D eigenvalue weighted by atomic mass is 10.3. The van der Waals surface area contributed by atoms with Gasteiger partial charge in [0.15, 0.2) is 11.5 Å². The molecule has 0 bridgehead atoms. The van der Waals surface area contributed by atoms with Gasteiger partial charge in [-0.05, 0) is 12.1 Å². The number of benzene rings is 1. The molecule has 0 radical (unpaired) electrons. The topological polar surface area (TPSA) is 74.8 Å². The molecule has 1 aromatic carbocycles. The van der Waals surface area contributed by atoms with Gasteiger partial charge in [0.1, 0.15) is 12.2 Å². The Hall–Kier alpha value is -1.30. The Morgan fingerprint density at radius 2 is 1.41 bits per heavy atom. The maximum atomic E-state index is 8.67. The number of epoxide rings is 2. The third-order valence-corrected chi connectivity index (χ3v) is 2.29. The number of para-hydroxylation sites is 2. The molecule has 94 valence electrons. The van der Waals surface area contributed by atoms with E-state index in [2.05, 4.69) is 0 Å². The average Bonchev–Trinajstić information content (AvgIpc) is 3.16. The lowest BCUT2D eigenvalue weighted by Crippen LogP contribution is -2.06. The summed E-state index contributed by atoms with van der Waals surface area (Å²) in [7, 11) is 0. The highest BCUT2D eigenvalue weighted by atomic mass is 16.6. The van der Waals surface area contributed by atoms with Crippen LogP contribution < -0.4 is 0 Å². The van der Waals surface area contributed by atoms with Gasteiger partial charge in [0.25, 0.3) is 0 Å². The standard InChI is InChI=1S/C6H10O3.C6H6O2/c1(5-3-8-5)7-2-6-4-9-6;7-5-3-1-2-4-6(5)8/h5-6H,1-4H2;1-4,7-8H. The molecule has 5 heteroatoms. The number of phenols is 2. The van der Waals surface area contributed by atoms with Crippen LogP contribution in [0.25, 0.3) is 0 Å². The number of rotatable bonds is 4. The van der Waals surface area contributed by atoms with Crippen LogP contribution in [0.15, 0.2) is 24.3 Å². The molecule has 2 saturated heterocycles. The molecule has 2 heterocycles. The Kier molecular flexibility index (Phi) is 4.19. The summed E-state index contributed by atoms with van der Waals surface area (Å²) < 4.78 is 15.1. The lowest BCUT2D eigenvalue weighted by molar-refractivity contribution is 0.102. The number of aromatic hydroxyl groups is 2. The van der Waals surface area contributed by atoms with Crippen LogP contribution in [-0.2, 0) is 14.2 Å². The Labute approximate surface area is 99.5 Å². The van der Waals surface area contributed by atoms with Crippen LogP contribution in [0.4, 0.5) is 0 Å². The molecule has 1 aromatic rings. The minimum atomic E-state index is -0.0764. The SMILES string of the molecule is C(OCC1CO1)C1CO1.Oc1ccccc1O. The quantitative estimate of drug-likeness (QED) is 0.604. The molecule has 0 spiro atoms. The van der Waals surface area contributed by atoms with E-state index in [1.165, 1.54) is 12.1 Å². The summed E-state index contributed by atoms with van der Waals surface area (Å²) in [4.78, 5) is 0. The molecule has 2 N–H and O–H groups in total. The van der Waals surface area contributed by atoms with Gasteiger partial charge in [-0.1, -0.05) is 12.1 Å². The first kappa shape index (κ1) is 12.2. The van der Waals surface area contributed by atoms with Crippen molar-refractivity contribution in [3.63, 3.8) is 0 Å². The second kappa shape index (κ2) is 5.86. The van der Waals surface area contributed by atoms with Gasteiger partial charge in [-0.2, -0.15) is 0 Å². The van der Waals surface area contributed by atoms with Crippen molar-refractivity contribution in [1.29, 1.82) is 0 Å². The lowest BCUT2D eigenvalue weighted by Gasteiger charge is -1.95. The summed E-state index contributed by atoms with van der Waals surface area (Å²) >= 11 is 0. The minimum absolute atomic E-state index is 0.0764. The first-order valence-corrected chi connectivity index (χ1v) is 5.53. The number of hydrogen-bond donors (Lipinski definition) is 2. The fraction of sp³-hybridized carbons (Fsp3) is 0.500. The van der Waals surface area contributed by atoms with E-state index >= 15 is 0 Å². The van der Waals surface area contributed by atoms with Gasteiger partial charge in [-0.15, -0.1) is 0 Å². The highest BCUT2D eigenvalue weighted by Gasteiger charge is 2.26. The monoisotopic (exact) mass is 240 g/mol. The van der Waals surface area contributed by atoms with Crippen molar-refractivity contribution < 1.29 is 24.4 Å². The first-order valence-electron chi connectivity index (χ1n) is 5.53. The van der Waals surface area contributed by atoms with E-state index < -0.39 is 0 Å². The molecule has 2 atom stereocenters. The van der Waals surface area contributed by atoms with Crippen LogP contribution >= 0.6 is 0 Å². The van der Waals surface area contributed by atoms with Crippen LogP contribution in [-0.4, -0.2) is 48.8 Å². The zero-order valence-electron chi connectivity index (χ0n) is 9.41. The van der Waals surface area contributed by atoms with E-state index in [9.17, 15) is 0 Å². The van der Waals surface area contributed by atoms with E-state index in [-0.39, 0.29) is 11.5 Å². The molecule has 0 saturated carbocycles. The van der Waals surface area contributed by atoms with Gasteiger partial charge in [0.05, 0.1) is 26.4 Å². The van der Waals surface area contributed by atoms with Gasteiger partial charge in [0, 0.05) is 0 Å². The number of ether oxygens (including phenoxy) is 3. The molecule has 2 fully saturated rings. The average molecular weight is 240 g/mol. The van der Waals surface area contributed by atoms with Gasteiger partial charge < -0.3 is 24.4 Å². The predicted molar refractivity (Wildman–Crippen MR) is 60.1 cm³/mol. The van der Waals surface area contributed by atoms with Crippen molar-refractivity contribution in [2.24, 2.45) is 0 Å². The smallest absolute Gasteiger partial charge is 0.157 e. The Morgan fingerprint density at radius 1 is 1.00 bits per heavy atom. The van der Waals surface area contributed by atoms with Crippen LogP contribution in [0.1, 0.15) is 0 Å². The number of hydrogen-bond acceptors (Lipinski definition) is 5. The van der Waals surface area contributed by atoms with Crippen LogP contribution in [0.3, 0.4) is 0 Å². The van der Waals surface area contributed by atoms with Crippen molar-refractivity contribution in [2.45, 2.75) is 12.2 Å². The van der Waals surface area contributed by atoms with Crippen LogP contribution in [0.5, 0.6) is 11.5 Å². The van der Waals surface area contributed by atoms with Gasteiger partial charge in [-0.3, -0.25) is 0 Å². The summed E-state index contributed by atoms with van der Waals surface area (Å²) in [6.45, 7) is 3.26. The maximum absolute atomic E-state index is 8.67. The van der Waals surface area contributed by atoms with Crippen molar-refractivity contribution in [3.8, 4) is 11.5 Å². The summed E-state index contributed by atoms with van der Waals surface area (Å²) in [6.07, 6.45) is 0.785. The minimum Gasteiger partial charge on any atom is -0.504 e. The highest BCUT2D eigenvalue weighted by molar-refractivity contribution is 5.36. The van der Waals surface area contributed by atoms with E-state index in [1.54, 1.807) is 12.1 Å². The largest absolute Gasteiger partial charge is 0.504 e. The van der Waals surface area contributed by atoms with Crippen molar-refractivity contribution in [3.05, 3.63) is 24.3 Å². The number of phenolic OH excluding ortho intramolecular Hbond substituents is 2. The molecule has 0 aliphatic carbocycles. The molecular weight excluding hydrogens is 224 g/mol. The van der Waals surface area contributed by atoms with Crippen molar-refractivity contribution in [2.75, 3.05) is 26.4 Å². The van der Waals surface area contributed by atoms with E-state index in [0.29, 0.717) is 12.2 Å². The van der Waals surface area contributed by atoms with E-state index in [1.807, 2.05) is 0 Å². The summed E-state index contributed by atoms with van der Waals surface area (Å²) in [6, 6.07) is 6.15. The predicted octanol–water partition coefficient (Wildman–Crippen LogP) is 0.898. The molecule has 2 aliphatic heterocycles. The van der Waals surface area contributed by atoms with Crippen LogP contribution in [0, 0.1) is 0 Å². The Balaban J connectivity index is 0.000000128. The summed E-state index contributed by atoms with van der Waals surface area (Å²) in [5, 5.41) is 17.3. The van der Waals surface area contributed by atoms with Crippen molar-refractivity contribution in [1.82, 2.24) is 0 Å². The second-order valence-corrected chi connectivity index (χ2v) is 3.94. The zero-order valence-corrected chi connectivity index (χ0v) is 9.41. The first-order chi connectivity index (χ1) is 8.25. The highest BCUT2D eigenvalue weighted by Crippen LogP contribution is 2.21. The molecule has 5 nitrogen and oxygen atoms in total. The fourth-order valence-corrected chi connectivity index (χ4v) is 1.12. The zero-order chi connectivity index (χ0) is 12.1. The molecule has 17 heavy (non-hydrogen) atoms. The third kappa shape index (κ3) is 5.04.